The molecule has 1 aliphatic rings. The van der Waals surface area contributed by atoms with Crippen LogP contribution in [0.4, 0.5) is 10.1 Å². The Bertz CT molecular complexity index is 935. The van der Waals surface area contributed by atoms with E-state index in [0.29, 0.717) is 18.0 Å². The average Bonchev–Trinajstić information content (AvgIpc) is 3.08. The number of amides is 1. The number of carbonyl (C=O) groups excluding carboxylic acids is 1. The third-order valence-corrected chi connectivity index (χ3v) is 4.83. The summed E-state index contributed by atoms with van der Waals surface area (Å²) >= 11 is 5.90. The third kappa shape index (κ3) is 3.22. The Balaban J connectivity index is 1.60. The zero-order valence-corrected chi connectivity index (χ0v) is 14.8. The Morgan fingerprint density at radius 3 is 2.58 bits per heavy atom. The molecule has 132 valence electrons. The van der Waals surface area contributed by atoms with Crippen LogP contribution in [-0.2, 0) is 17.6 Å². The Morgan fingerprint density at radius 1 is 1.12 bits per heavy atom. The van der Waals surface area contributed by atoms with Crippen molar-refractivity contribution in [2.24, 2.45) is 0 Å². The number of rotatable bonds is 3. The van der Waals surface area contributed by atoms with Crippen molar-refractivity contribution < 1.29 is 9.18 Å². The summed E-state index contributed by atoms with van der Waals surface area (Å²) in [7, 11) is 0. The van der Waals surface area contributed by atoms with Gasteiger partial charge in [0.2, 0.25) is 5.91 Å². The van der Waals surface area contributed by atoms with Gasteiger partial charge in [0, 0.05) is 11.6 Å². The Labute approximate surface area is 155 Å². The van der Waals surface area contributed by atoms with Crippen molar-refractivity contribution in [3.05, 3.63) is 76.8 Å². The van der Waals surface area contributed by atoms with E-state index in [1.165, 1.54) is 12.1 Å². The second-order valence-electron chi connectivity index (χ2n) is 6.32. The van der Waals surface area contributed by atoms with Crippen molar-refractivity contribution in [2.75, 3.05) is 11.4 Å². The molecule has 0 radical (unpaired) electrons. The third-order valence-electron chi connectivity index (χ3n) is 4.57. The lowest BCUT2D eigenvalue weighted by Crippen LogP contribution is -2.36. The number of hydrogen-bond donors (Lipinski definition) is 0. The molecule has 0 saturated carbocycles. The molecule has 0 N–H and O–H groups in total. The minimum atomic E-state index is -0.283. The first-order valence-corrected chi connectivity index (χ1v) is 8.87. The van der Waals surface area contributed by atoms with Gasteiger partial charge in [0.15, 0.2) is 0 Å². The summed E-state index contributed by atoms with van der Waals surface area (Å²) in [5.41, 5.74) is 3.53. The highest BCUT2D eigenvalue weighted by Crippen LogP contribution is 2.29. The second kappa shape index (κ2) is 6.92. The molecule has 2 aromatic carbocycles. The lowest BCUT2D eigenvalue weighted by molar-refractivity contribution is -0.118. The monoisotopic (exact) mass is 369 g/mol. The summed E-state index contributed by atoms with van der Waals surface area (Å²) in [5.74, 6) is -0.249. The van der Waals surface area contributed by atoms with E-state index in [-0.39, 0.29) is 11.7 Å². The highest BCUT2D eigenvalue weighted by atomic mass is 35.5. The summed E-state index contributed by atoms with van der Waals surface area (Å²) in [6, 6.07) is 13.5. The summed E-state index contributed by atoms with van der Waals surface area (Å²) in [5, 5.41) is 5.09. The summed E-state index contributed by atoms with van der Waals surface area (Å²) in [6.07, 6.45) is 3.74. The van der Waals surface area contributed by atoms with E-state index < -0.39 is 0 Å². The molecule has 0 saturated heterocycles. The van der Waals surface area contributed by atoms with Crippen LogP contribution in [-0.4, -0.2) is 22.2 Å². The average molecular weight is 370 g/mol. The van der Waals surface area contributed by atoms with Gasteiger partial charge in [-0.15, -0.1) is 0 Å². The number of carbonyl (C=O) groups is 1. The fourth-order valence-electron chi connectivity index (χ4n) is 3.29. The van der Waals surface area contributed by atoms with Crippen molar-refractivity contribution in [3.8, 4) is 5.69 Å². The first-order chi connectivity index (χ1) is 12.6. The largest absolute Gasteiger partial charge is 0.309 e. The lowest BCUT2D eigenvalue weighted by atomic mass is 10.1. The van der Waals surface area contributed by atoms with Gasteiger partial charge in [-0.25, -0.2) is 9.07 Å². The molecule has 0 bridgehead atoms. The van der Waals surface area contributed by atoms with Gasteiger partial charge >= 0.3 is 0 Å². The van der Waals surface area contributed by atoms with E-state index in [4.69, 9.17) is 11.6 Å². The number of nitrogens with zero attached hydrogens (tertiary/aromatic N) is 3. The number of anilines is 1. The highest BCUT2D eigenvalue weighted by Gasteiger charge is 2.26. The number of benzene rings is 2. The van der Waals surface area contributed by atoms with Crippen LogP contribution < -0.4 is 4.90 Å². The minimum absolute atomic E-state index is 0.0342. The summed E-state index contributed by atoms with van der Waals surface area (Å²) < 4.78 is 15.0. The quantitative estimate of drug-likeness (QED) is 0.694. The van der Waals surface area contributed by atoms with Gasteiger partial charge in [0.1, 0.15) is 5.82 Å². The molecule has 1 aliphatic heterocycles. The molecule has 1 aromatic heterocycles. The molecular formula is C20H17ClFN3O. The summed E-state index contributed by atoms with van der Waals surface area (Å²) in [4.78, 5) is 14.6. The van der Waals surface area contributed by atoms with Gasteiger partial charge in [-0.3, -0.25) is 4.79 Å². The van der Waals surface area contributed by atoms with Crippen LogP contribution in [0.25, 0.3) is 5.69 Å². The number of hydrogen-bond acceptors (Lipinski definition) is 2. The second-order valence-corrected chi connectivity index (χ2v) is 6.75. The normalized spacial score (nSPS) is 13.5. The highest BCUT2D eigenvalue weighted by molar-refractivity contribution is 6.30. The van der Waals surface area contributed by atoms with Crippen molar-refractivity contribution in [1.29, 1.82) is 0 Å². The van der Waals surface area contributed by atoms with Crippen molar-refractivity contribution in [1.82, 2.24) is 9.78 Å². The molecule has 1 amide bonds. The topological polar surface area (TPSA) is 38.1 Å². The van der Waals surface area contributed by atoms with Crippen molar-refractivity contribution >= 4 is 23.2 Å². The molecule has 4 nitrogen and oxygen atoms in total. The molecule has 4 rings (SSSR count). The van der Waals surface area contributed by atoms with E-state index in [1.54, 1.807) is 40.0 Å². The van der Waals surface area contributed by atoms with E-state index in [0.717, 1.165) is 35.5 Å². The molecule has 2 heterocycles. The van der Waals surface area contributed by atoms with Gasteiger partial charge in [0.05, 0.1) is 29.7 Å². The van der Waals surface area contributed by atoms with Gasteiger partial charge in [-0.1, -0.05) is 23.7 Å². The van der Waals surface area contributed by atoms with Gasteiger partial charge in [-0.05, 0) is 54.8 Å². The van der Waals surface area contributed by atoms with E-state index in [1.807, 2.05) is 12.1 Å². The van der Waals surface area contributed by atoms with Crippen LogP contribution >= 0.6 is 11.6 Å². The molecule has 0 atom stereocenters. The fourth-order valence-corrected chi connectivity index (χ4v) is 3.41. The molecule has 26 heavy (non-hydrogen) atoms. The molecule has 0 spiro atoms. The van der Waals surface area contributed by atoms with Crippen LogP contribution in [0.5, 0.6) is 0 Å². The molecule has 6 heteroatoms. The van der Waals surface area contributed by atoms with E-state index in [9.17, 15) is 9.18 Å². The molecular weight excluding hydrogens is 353 g/mol. The number of halogens is 2. The SMILES string of the molecule is O=C(Cc1ccc(Cl)cc1)N1CCCc2c1cnn2-c1ccc(F)cc1. The Kier molecular flexibility index (Phi) is 4.47. The maximum atomic E-state index is 13.2. The molecule has 0 aliphatic carbocycles. The van der Waals surface area contributed by atoms with E-state index in [2.05, 4.69) is 5.10 Å². The van der Waals surface area contributed by atoms with Crippen molar-refractivity contribution in [2.45, 2.75) is 19.3 Å². The summed E-state index contributed by atoms with van der Waals surface area (Å²) in [6.45, 7) is 0.675. The predicted molar refractivity (Wildman–Crippen MR) is 99.4 cm³/mol. The zero-order chi connectivity index (χ0) is 18.1. The van der Waals surface area contributed by atoms with Crippen molar-refractivity contribution in [3.63, 3.8) is 0 Å². The smallest absolute Gasteiger partial charge is 0.231 e. The van der Waals surface area contributed by atoms with Crippen LogP contribution in [0, 0.1) is 5.82 Å². The number of fused-ring (bicyclic) bond motifs is 1. The van der Waals surface area contributed by atoms with E-state index >= 15 is 0 Å². The minimum Gasteiger partial charge on any atom is -0.309 e. The standard InChI is InChI=1S/C20H17ClFN3O/c21-15-5-3-14(4-6-15)12-20(26)24-11-1-2-18-19(24)13-23-25(18)17-9-7-16(22)8-10-17/h3-10,13H,1-2,11-12H2. The zero-order valence-electron chi connectivity index (χ0n) is 14.0. The lowest BCUT2D eigenvalue weighted by Gasteiger charge is -2.27. The maximum absolute atomic E-state index is 13.2. The predicted octanol–water partition coefficient (Wildman–Crippen LogP) is 4.19. The molecule has 3 aromatic rings. The number of aromatic nitrogens is 2. The van der Waals surface area contributed by atoms with Crippen LogP contribution in [0.15, 0.2) is 54.7 Å². The first-order valence-electron chi connectivity index (χ1n) is 8.49. The van der Waals surface area contributed by atoms with Gasteiger partial charge in [-0.2, -0.15) is 5.10 Å². The Morgan fingerprint density at radius 2 is 1.85 bits per heavy atom. The van der Waals surface area contributed by atoms with Crippen LogP contribution in [0.1, 0.15) is 17.7 Å². The van der Waals surface area contributed by atoms with Crippen LogP contribution in [0.3, 0.4) is 0 Å². The fraction of sp³-hybridized carbons (Fsp3) is 0.200. The van der Waals surface area contributed by atoms with Gasteiger partial charge < -0.3 is 4.90 Å². The maximum Gasteiger partial charge on any atom is 0.231 e. The molecule has 0 fully saturated rings. The molecule has 0 unspecified atom stereocenters. The first kappa shape index (κ1) is 16.8. The van der Waals surface area contributed by atoms with Crippen LogP contribution in [0.2, 0.25) is 5.02 Å². The van der Waals surface area contributed by atoms with Gasteiger partial charge in [0.25, 0.3) is 0 Å². The Hall–Kier alpha value is -2.66.